The molecule has 2 aromatic heterocycles. The molecule has 3 heterocycles. The number of ether oxygens (including phenoxy) is 1. The molecular formula is C23H22ClFN6O. The highest BCUT2D eigenvalue weighted by Gasteiger charge is 2.26. The third-order valence-electron chi connectivity index (χ3n) is 5.67. The second-order valence-electron chi connectivity index (χ2n) is 7.70. The largest absolute Gasteiger partial charge is 0.494 e. The van der Waals surface area contributed by atoms with Crippen molar-refractivity contribution in [3.05, 3.63) is 77.3 Å². The molecule has 0 spiro atoms. The van der Waals surface area contributed by atoms with Crippen LogP contribution in [0.4, 0.5) is 16.0 Å². The molecule has 1 unspecified atom stereocenters. The number of halogens is 2. The number of aryl methyl sites for hydroxylation is 1. The van der Waals surface area contributed by atoms with E-state index in [0.717, 1.165) is 43.0 Å². The zero-order valence-corrected chi connectivity index (χ0v) is 18.3. The van der Waals surface area contributed by atoms with Crippen molar-refractivity contribution in [2.75, 3.05) is 12.4 Å². The van der Waals surface area contributed by atoms with Crippen molar-refractivity contribution in [3.63, 3.8) is 0 Å². The first kappa shape index (κ1) is 20.5. The molecule has 0 amide bonds. The lowest BCUT2D eigenvalue weighted by Gasteiger charge is -2.14. The number of aromatic nitrogens is 5. The van der Waals surface area contributed by atoms with Crippen molar-refractivity contribution < 1.29 is 9.13 Å². The molecule has 9 heteroatoms. The lowest BCUT2D eigenvalue weighted by atomic mass is 9.93. The number of hydrogen-bond acceptors (Lipinski definition) is 5. The Morgan fingerprint density at radius 1 is 1.19 bits per heavy atom. The molecule has 2 aromatic carbocycles. The number of anilines is 2. The minimum atomic E-state index is -0.205. The molecule has 0 bridgehead atoms. The zero-order valence-electron chi connectivity index (χ0n) is 17.5. The number of nitrogens with zero attached hydrogens (tertiary/aromatic N) is 5. The summed E-state index contributed by atoms with van der Waals surface area (Å²) in [6.45, 7) is 0.763. The predicted molar refractivity (Wildman–Crippen MR) is 121 cm³/mol. The molecule has 1 aliphatic heterocycles. The smallest absolute Gasteiger partial charge is 0.246 e. The first-order chi connectivity index (χ1) is 15.6. The summed E-state index contributed by atoms with van der Waals surface area (Å²) in [5, 5.41) is 8.31. The summed E-state index contributed by atoms with van der Waals surface area (Å²) in [5.74, 6) is 1.58. The molecule has 5 rings (SSSR count). The van der Waals surface area contributed by atoms with E-state index >= 15 is 0 Å². The molecule has 0 saturated heterocycles. The van der Waals surface area contributed by atoms with Crippen LogP contribution in [0.25, 0.3) is 5.69 Å². The number of rotatable bonds is 5. The van der Waals surface area contributed by atoms with Gasteiger partial charge in [-0.25, -0.2) is 14.1 Å². The molecule has 0 radical (unpaired) electrons. The monoisotopic (exact) mass is 452 g/mol. The molecule has 32 heavy (non-hydrogen) atoms. The Hall–Kier alpha value is -3.39. The van der Waals surface area contributed by atoms with Crippen LogP contribution in [-0.2, 0) is 6.54 Å². The SMILES string of the molecule is COc1cc(Nc2nc3n(n2)CCCCC3c2ccccc2F)ccc1-n1cnc(Cl)c1. The van der Waals surface area contributed by atoms with Gasteiger partial charge in [-0.05, 0) is 36.6 Å². The van der Waals surface area contributed by atoms with Crippen molar-refractivity contribution in [2.24, 2.45) is 0 Å². The molecule has 7 nitrogen and oxygen atoms in total. The van der Waals surface area contributed by atoms with E-state index in [2.05, 4.69) is 15.4 Å². The first-order valence-electron chi connectivity index (χ1n) is 10.5. The van der Waals surface area contributed by atoms with E-state index in [0.29, 0.717) is 22.4 Å². The first-order valence-corrected chi connectivity index (χ1v) is 10.8. The molecule has 0 aliphatic carbocycles. The minimum absolute atomic E-state index is 0.121. The molecular weight excluding hydrogens is 431 g/mol. The molecule has 1 N–H and O–H groups in total. The van der Waals surface area contributed by atoms with Gasteiger partial charge in [0.25, 0.3) is 0 Å². The quantitative estimate of drug-likeness (QED) is 0.443. The summed E-state index contributed by atoms with van der Waals surface area (Å²) >= 11 is 5.94. The fraction of sp³-hybridized carbons (Fsp3) is 0.261. The Bertz CT molecular complexity index is 1250. The Morgan fingerprint density at radius 3 is 2.84 bits per heavy atom. The van der Waals surface area contributed by atoms with E-state index in [9.17, 15) is 4.39 Å². The van der Waals surface area contributed by atoms with Gasteiger partial charge >= 0.3 is 0 Å². The molecule has 4 aromatic rings. The van der Waals surface area contributed by atoms with Crippen LogP contribution in [0.2, 0.25) is 5.15 Å². The number of imidazole rings is 1. The van der Waals surface area contributed by atoms with Crippen molar-refractivity contribution in [2.45, 2.75) is 31.7 Å². The fourth-order valence-electron chi connectivity index (χ4n) is 4.15. The summed E-state index contributed by atoms with van der Waals surface area (Å²) in [5.41, 5.74) is 2.25. The van der Waals surface area contributed by atoms with Gasteiger partial charge in [0.05, 0.1) is 12.8 Å². The van der Waals surface area contributed by atoms with Crippen molar-refractivity contribution in [3.8, 4) is 11.4 Å². The summed E-state index contributed by atoms with van der Waals surface area (Å²) < 4.78 is 23.8. The normalized spacial score (nSPS) is 15.8. The maximum atomic E-state index is 14.5. The molecule has 0 fully saturated rings. The van der Waals surface area contributed by atoms with Crippen molar-refractivity contribution in [1.29, 1.82) is 0 Å². The van der Waals surface area contributed by atoms with Crippen LogP contribution in [0.15, 0.2) is 55.0 Å². The van der Waals surface area contributed by atoms with Gasteiger partial charge in [-0.3, -0.25) is 0 Å². The maximum Gasteiger partial charge on any atom is 0.246 e. The number of hydrogen-bond donors (Lipinski definition) is 1. The Morgan fingerprint density at radius 2 is 2.06 bits per heavy atom. The van der Waals surface area contributed by atoms with Crippen molar-refractivity contribution in [1.82, 2.24) is 24.3 Å². The van der Waals surface area contributed by atoms with Gasteiger partial charge in [0, 0.05) is 30.4 Å². The zero-order chi connectivity index (χ0) is 22.1. The van der Waals surface area contributed by atoms with Gasteiger partial charge < -0.3 is 14.6 Å². The van der Waals surface area contributed by atoms with Gasteiger partial charge in [-0.2, -0.15) is 4.98 Å². The minimum Gasteiger partial charge on any atom is -0.494 e. The van der Waals surface area contributed by atoms with E-state index in [1.165, 1.54) is 6.07 Å². The number of nitrogens with one attached hydrogen (secondary N) is 1. The Balaban J connectivity index is 1.45. The molecule has 164 valence electrons. The standard InChI is InChI=1S/C23H22ClFN6O/c1-32-20-12-15(9-10-19(20)30-13-21(24)26-14-30)27-23-28-22-17(7-4-5-11-31(22)29-23)16-6-2-3-8-18(16)25/h2-3,6,8-10,12-14,17H,4-5,7,11H2,1H3,(H,27,29). The topological polar surface area (TPSA) is 69.8 Å². The van der Waals surface area contributed by atoms with Crippen LogP contribution in [0.1, 0.15) is 36.6 Å². The van der Waals surface area contributed by atoms with Crippen LogP contribution in [0.5, 0.6) is 5.75 Å². The highest BCUT2D eigenvalue weighted by Crippen LogP contribution is 2.34. The summed E-state index contributed by atoms with van der Waals surface area (Å²) in [6.07, 6.45) is 6.17. The summed E-state index contributed by atoms with van der Waals surface area (Å²) in [4.78, 5) is 8.79. The second kappa shape index (κ2) is 8.63. The van der Waals surface area contributed by atoms with E-state index in [4.69, 9.17) is 21.3 Å². The van der Waals surface area contributed by atoms with Gasteiger partial charge in [0.2, 0.25) is 5.95 Å². The van der Waals surface area contributed by atoms with Crippen LogP contribution in [-0.4, -0.2) is 31.4 Å². The number of methoxy groups -OCH3 is 1. The third kappa shape index (κ3) is 3.93. The lowest BCUT2D eigenvalue weighted by Crippen LogP contribution is -2.09. The summed E-state index contributed by atoms with van der Waals surface area (Å²) in [7, 11) is 1.61. The average Bonchev–Trinajstić information content (AvgIpc) is 3.35. The highest BCUT2D eigenvalue weighted by atomic mass is 35.5. The van der Waals surface area contributed by atoms with Gasteiger partial charge in [0.15, 0.2) is 0 Å². The predicted octanol–water partition coefficient (Wildman–Crippen LogP) is 5.32. The van der Waals surface area contributed by atoms with Crippen LogP contribution in [0.3, 0.4) is 0 Å². The van der Waals surface area contributed by atoms with Gasteiger partial charge in [0.1, 0.15) is 28.9 Å². The number of fused-ring (bicyclic) bond motifs is 1. The van der Waals surface area contributed by atoms with E-state index in [1.807, 2.05) is 35.0 Å². The van der Waals surface area contributed by atoms with Crippen LogP contribution in [0, 0.1) is 5.82 Å². The molecule has 1 aliphatic rings. The molecule has 0 saturated carbocycles. The highest BCUT2D eigenvalue weighted by molar-refractivity contribution is 6.29. The average molecular weight is 453 g/mol. The van der Waals surface area contributed by atoms with Crippen LogP contribution < -0.4 is 10.1 Å². The van der Waals surface area contributed by atoms with E-state index in [1.54, 1.807) is 30.3 Å². The lowest BCUT2D eigenvalue weighted by molar-refractivity contribution is 0.413. The van der Waals surface area contributed by atoms with Gasteiger partial charge in [-0.1, -0.05) is 36.2 Å². The van der Waals surface area contributed by atoms with E-state index < -0.39 is 0 Å². The third-order valence-corrected chi connectivity index (χ3v) is 5.87. The molecule has 1 atom stereocenters. The maximum absolute atomic E-state index is 14.5. The number of benzene rings is 2. The summed E-state index contributed by atoms with van der Waals surface area (Å²) in [6, 6.07) is 12.6. The van der Waals surface area contributed by atoms with Crippen LogP contribution >= 0.6 is 11.6 Å². The fourth-order valence-corrected chi connectivity index (χ4v) is 4.30. The Labute approximate surface area is 189 Å². The van der Waals surface area contributed by atoms with E-state index in [-0.39, 0.29) is 11.7 Å². The second-order valence-corrected chi connectivity index (χ2v) is 8.09. The Kier molecular flexibility index (Phi) is 5.53. The van der Waals surface area contributed by atoms with Crippen molar-refractivity contribution >= 4 is 23.2 Å². The van der Waals surface area contributed by atoms with Gasteiger partial charge in [-0.15, -0.1) is 5.10 Å².